The molecular weight excluding hydrogens is 356 g/mol. The van der Waals surface area contributed by atoms with Crippen LogP contribution in [0.15, 0.2) is 12.3 Å². The third-order valence-corrected chi connectivity index (χ3v) is 4.69. The number of carbonyl (C=O) groups excluding carboxylic acids is 1. The monoisotopic (exact) mass is 378 g/mol. The van der Waals surface area contributed by atoms with E-state index in [1.54, 1.807) is 16.9 Å². The van der Waals surface area contributed by atoms with Gasteiger partial charge in [-0.15, -0.1) is 0 Å². The average Bonchev–Trinajstić information content (AvgIpc) is 2.98. The summed E-state index contributed by atoms with van der Waals surface area (Å²) >= 11 is 6.09. The Morgan fingerprint density at radius 1 is 1.50 bits per heavy atom. The van der Waals surface area contributed by atoms with Gasteiger partial charge in [0.15, 0.2) is 0 Å². The summed E-state index contributed by atoms with van der Waals surface area (Å²) in [5, 5.41) is 7.93. The minimum atomic E-state index is -0.158. The summed E-state index contributed by atoms with van der Waals surface area (Å²) in [4.78, 5) is 17.0. The van der Waals surface area contributed by atoms with Crippen LogP contribution in [0.2, 0.25) is 5.02 Å². The maximum absolute atomic E-state index is 12.9. The minimum absolute atomic E-state index is 0.0585. The molecule has 26 heavy (non-hydrogen) atoms. The van der Waals surface area contributed by atoms with Crippen LogP contribution in [0.3, 0.4) is 0 Å². The zero-order valence-electron chi connectivity index (χ0n) is 15.4. The number of nitrogens with zero attached hydrogens (tertiary/aromatic N) is 3. The van der Waals surface area contributed by atoms with Crippen LogP contribution in [0.1, 0.15) is 54.2 Å². The van der Waals surface area contributed by atoms with Gasteiger partial charge in [0.25, 0.3) is 5.91 Å². The number of methoxy groups -OCH3 is 1. The fourth-order valence-electron chi connectivity index (χ4n) is 3.25. The number of ether oxygens (including phenoxy) is 2. The van der Waals surface area contributed by atoms with Crippen molar-refractivity contribution in [2.75, 3.05) is 7.11 Å². The Bertz CT molecular complexity index is 821. The summed E-state index contributed by atoms with van der Waals surface area (Å²) in [7, 11) is 1.51. The second-order valence-electron chi connectivity index (χ2n) is 6.34. The molecule has 1 aliphatic heterocycles. The van der Waals surface area contributed by atoms with Crippen LogP contribution in [0.4, 0.5) is 0 Å². The molecular formula is C18H23ClN4O3. The fourth-order valence-corrected chi connectivity index (χ4v) is 3.52. The van der Waals surface area contributed by atoms with Crippen LogP contribution in [0, 0.1) is 0 Å². The molecule has 2 aromatic rings. The van der Waals surface area contributed by atoms with Crippen molar-refractivity contribution in [1.82, 2.24) is 20.1 Å². The first-order chi connectivity index (χ1) is 12.4. The molecule has 0 radical (unpaired) electrons. The predicted molar refractivity (Wildman–Crippen MR) is 97.5 cm³/mol. The number of aromatic nitrogens is 3. The summed E-state index contributed by atoms with van der Waals surface area (Å²) in [6.07, 6.45) is 2.26. The quantitative estimate of drug-likeness (QED) is 0.865. The molecule has 1 N–H and O–H groups in total. The lowest BCUT2D eigenvalue weighted by Crippen LogP contribution is -2.28. The summed E-state index contributed by atoms with van der Waals surface area (Å²) in [6.45, 7) is 6.88. The molecule has 7 nitrogen and oxygen atoms in total. The summed E-state index contributed by atoms with van der Waals surface area (Å²) in [5.41, 5.74) is 3.23. The second-order valence-corrected chi connectivity index (χ2v) is 6.75. The van der Waals surface area contributed by atoms with Gasteiger partial charge in [0, 0.05) is 31.3 Å². The van der Waals surface area contributed by atoms with Crippen LogP contribution >= 0.6 is 11.6 Å². The van der Waals surface area contributed by atoms with E-state index >= 15 is 0 Å². The van der Waals surface area contributed by atoms with E-state index in [0.717, 1.165) is 16.8 Å². The van der Waals surface area contributed by atoms with Crippen molar-refractivity contribution in [1.29, 1.82) is 0 Å². The highest BCUT2D eigenvalue weighted by atomic mass is 35.5. The molecule has 1 aliphatic rings. The number of carbonyl (C=O) groups is 1. The zero-order valence-corrected chi connectivity index (χ0v) is 16.1. The topological polar surface area (TPSA) is 78.3 Å². The maximum atomic E-state index is 12.9. The Morgan fingerprint density at radius 3 is 2.92 bits per heavy atom. The molecule has 3 heterocycles. The first kappa shape index (κ1) is 18.7. The lowest BCUT2D eigenvalue weighted by atomic mass is 9.99. The highest BCUT2D eigenvalue weighted by Crippen LogP contribution is 2.31. The van der Waals surface area contributed by atoms with Crippen LogP contribution in [-0.4, -0.2) is 33.9 Å². The molecule has 2 aromatic heterocycles. The molecule has 140 valence electrons. The summed E-state index contributed by atoms with van der Waals surface area (Å²) in [5.74, 6) is 0.205. The van der Waals surface area contributed by atoms with E-state index in [1.165, 1.54) is 7.11 Å². The fraction of sp³-hybridized carbons (Fsp3) is 0.500. The Hall–Kier alpha value is -2.12. The van der Waals surface area contributed by atoms with Gasteiger partial charge in [-0.25, -0.2) is 4.98 Å². The number of rotatable bonds is 5. The first-order valence-electron chi connectivity index (χ1n) is 8.66. The molecule has 0 unspecified atom stereocenters. The van der Waals surface area contributed by atoms with E-state index in [2.05, 4.69) is 15.4 Å². The molecule has 0 aliphatic carbocycles. The van der Waals surface area contributed by atoms with E-state index < -0.39 is 0 Å². The number of halogens is 1. The maximum Gasteiger partial charge on any atom is 0.270 e. The van der Waals surface area contributed by atoms with Gasteiger partial charge < -0.3 is 14.8 Å². The molecule has 0 saturated carbocycles. The number of hydrogen-bond donors (Lipinski definition) is 1. The molecule has 2 atom stereocenters. The number of nitrogens with one attached hydrogen (secondary N) is 1. The number of aryl methyl sites for hydroxylation is 1. The van der Waals surface area contributed by atoms with E-state index in [9.17, 15) is 4.79 Å². The van der Waals surface area contributed by atoms with Crippen LogP contribution in [-0.2, 0) is 24.2 Å². The number of amides is 1. The van der Waals surface area contributed by atoms with Crippen molar-refractivity contribution in [3.05, 3.63) is 39.8 Å². The van der Waals surface area contributed by atoms with Gasteiger partial charge in [0.05, 0.1) is 25.0 Å². The zero-order chi connectivity index (χ0) is 18.8. The third-order valence-electron chi connectivity index (χ3n) is 4.42. The highest BCUT2D eigenvalue weighted by Gasteiger charge is 2.31. The van der Waals surface area contributed by atoms with Gasteiger partial charge in [0.1, 0.15) is 10.7 Å². The minimum Gasteiger partial charge on any atom is -0.480 e. The molecule has 0 bridgehead atoms. The van der Waals surface area contributed by atoms with E-state index in [-0.39, 0.29) is 18.1 Å². The third kappa shape index (κ3) is 3.54. The number of hydrogen-bond acceptors (Lipinski definition) is 5. The number of pyridine rings is 1. The Kier molecular flexibility index (Phi) is 5.48. The van der Waals surface area contributed by atoms with E-state index in [0.29, 0.717) is 36.1 Å². The van der Waals surface area contributed by atoms with Crippen LogP contribution < -0.4 is 10.1 Å². The molecule has 0 fully saturated rings. The van der Waals surface area contributed by atoms with Crippen LogP contribution in [0.25, 0.3) is 0 Å². The molecule has 0 saturated heterocycles. The van der Waals surface area contributed by atoms with Crippen LogP contribution in [0.5, 0.6) is 5.88 Å². The van der Waals surface area contributed by atoms with Crippen molar-refractivity contribution in [2.45, 2.75) is 52.5 Å². The van der Waals surface area contributed by atoms with Gasteiger partial charge in [-0.1, -0.05) is 11.6 Å². The SMILES string of the molecule is CCn1nc2c(c1C(=O)NCc1cnc(OC)c(Cl)c1)C[C@H](C)O[C@@H]2C. The Labute approximate surface area is 157 Å². The first-order valence-corrected chi connectivity index (χ1v) is 9.04. The Morgan fingerprint density at radius 2 is 2.27 bits per heavy atom. The van der Waals surface area contributed by atoms with Crippen molar-refractivity contribution < 1.29 is 14.3 Å². The highest BCUT2D eigenvalue weighted by molar-refractivity contribution is 6.31. The molecule has 0 spiro atoms. The smallest absolute Gasteiger partial charge is 0.270 e. The van der Waals surface area contributed by atoms with Crippen molar-refractivity contribution in [3.8, 4) is 5.88 Å². The van der Waals surface area contributed by atoms with Gasteiger partial charge in [-0.2, -0.15) is 5.10 Å². The second kappa shape index (κ2) is 7.63. The lowest BCUT2D eigenvalue weighted by molar-refractivity contribution is -0.00712. The van der Waals surface area contributed by atoms with Crippen molar-refractivity contribution >= 4 is 17.5 Å². The normalized spacial score (nSPS) is 19.1. The van der Waals surface area contributed by atoms with Gasteiger partial charge in [-0.05, 0) is 32.4 Å². The molecule has 0 aromatic carbocycles. The van der Waals surface area contributed by atoms with E-state index in [4.69, 9.17) is 21.1 Å². The summed E-state index contributed by atoms with van der Waals surface area (Å²) in [6, 6.07) is 1.73. The lowest BCUT2D eigenvalue weighted by Gasteiger charge is -2.24. The molecule has 3 rings (SSSR count). The van der Waals surface area contributed by atoms with Crippen molar-refractivity contribution in [3.63, 3.8) is 0 Å². The summed E-state index contributed by atoms with van der Waals surface area (Å²) < 4.78 is 12.6. The van der Waals surface area contributed by atoms with Gasteiger partial charge >= 0.3 is 0 Å². The van der Waals surface area contributed by atoms with Crippen molar-refractivity contribution in [2.24, 2.45) is 0 Å². The van der Waals surface area contributed by atoms with E-state index in [1.807, 2.05) is 20.8 Å². The molecule has 1 amide bonds. The standard InChI is InChI=1S/C18H23ClN4O3/c1-5-23-16(13-6-10(2)26-11(3)15(13)22-23)17(24)20-8-12-7-14(19)18(25-4)21-9-12/h7,9-11H,5-6,8H2,1-4H3,(H,20,24)/t10-,11+/m0/s1. The molecule has 8 heteroatoms. The predicted octanol–water partition coefficient (Wildman–Crippen LogP) is 2.91. The van der Waals surface area contributed by atoms with Gasteiger partial charge in [-0.3, -0.25) is 9.48 Å². The largest absolute Gasteiger partial charge is 0.480 e. The average molecular weight is 379 g/mol. The van der Waals surface area contributed by atoms with Gasteiger partial charge in [0.2, 0.25) is 5.88 Å². The number of fused-ring (bicyclic) bond motifs is 1. The Balaban J connectivity index is 1.81.